The Morgan fingerprint density at radius 3 is 2.35 bits per heavy atom. The minimum atomic E-state index is -0.207. The van der Waals surface area contributed by atoms with Crippen LogP contribution in [-0.2, 0) is 17.8 Å². The summed E-state index contributed by atoms with van der Waals surface area (Å²) in [6, 6.07) is 13.5. The maximum absolute atomic E-state index is 12.5. The number of fused-ring (bicyclic) bond motifs is 1. The number of hydrogen-bond donors (Lipinski definition) is 1. The number of nitrogens with one attached hydrogen (secondary N) is 1. The van der Waals surface area contributed by atoms with Crippen molar-refractivity contribution >= 4 is 22.5 Å². The molecule has 4 nitrogen and oxygen atoms in total. The maximum Gasteiger partial charge on any atom is 0.251 e. The fourth-order valence-corrected chi connectivity index (χ4v) is 3.39. The van der Waals surface area contributed by atoms with E-state index in [1.54, 1.807) is 10.6 Å². The Kier molecular flexibility index (Phi) is 4.94. The van der Waals surface area contributed by atoms with Crippen molar-refractivity contribution in [2.45, 2.75) is 40.7 Å². The first-order chi connectivity index (χ1) is 12.4. The predicted molar refractivity (Wildman–Crippen MR) is 107 cm³/mol. The number of aromatic nitrogens is 1. The van der Waals surface area contributed by atoms with Gasteiger partial charge in [-0.2, -0.15) is 0 Å². The van der Waals surface area contributed by atoms with Crippen LogP contribution in [0.3, 0.4) is 0 Å². The highest BCUT2D eigenvalue weighted by atomic mass is 16.2. The van der Waals surface area contributed by atoms with Gasteiger partial charge in [0.1, 0.15) is 6.54 Å². The molecule has 1 N–H and O–H groups in total. The Morgan fingerprint density at radius 1 is 1.00 bits per heavy atom. The van der Waals surface area contributed by atoms with Crippen molar-refractivity contribution in [3.63, 3.8) is 0 Å². The van der Waals surface area contributed by atoms with Gasteiger partial charge in [-0.05, 0) is 62.1 Å². The first-order valence-corrected chi connectivity index (χ1v) is 8.89. The summed E-state index contributed by atoms with van der Waals surface area (Å²) in [6.45, 7) is 8.03. The summed E-state index contributed by atoms with van der Waals surface area (Å²) in [7, 11) is 0. The van der Waals surface area contributed by atoms with Crippen molar-refractivity contribution in [3.05, 3.63) is 75.1 Å². The number of pyridine rings is 1. The summed E-state index contributed by atoms with van der Waals surface area (Å²) >= 11 is 0. The van der Waals surface area contributed by atoms with Crippen molar-refractivity contribution in [3.8, 4) is 0 Å². The zero-order chi connectivity index (χ0) is 18.8. The molecular formula is C22H24N2O2. The molecule has 0 saturated heterocycles. The second kappa shape index (κ2) is 7.16. The molecular weight excluding hydrogens is 324 g/mol. The molecule has 1 amide bonds. The molecule has 0 aliphatic heterocycles. The molecule has 134 valence electrons. The van der Waals surface area contributed by atoms with E-state index in [-0.39, 0.29) is 18.0 Å². The van der Waals surface area contributed by atoms with E-state index in [0.29, 0.717) is 0 Å². The Labute approximate surface area is 153 Å². The molecule has 0 radical (unpaired) electrons. The predicted octanol–water partition coefficient (Wildman–Crippen LogP) is 4.13. The molecule has 0 aliphatic carbocycles. The minimum Gasteiger partial charge on any atom is -0.325 e. The van der Waals surface area contributed by atoms with E-state index in [9.17, 15) is 9.59 Å². The lowest BCUT2D eigenvalue weighted by atomic mass is 10.0. The molecule has 1 heterocycles. The Balaban J connectivity index is 1.95. The van der Waals surface area contributed by atoms with E-state index in [1.807, 2.05) is 51.1 Å². The largest absolute Gasteiger partial charge is 0.325 e. The Morgan fingerprint density at radius 2 is 1.69 bits per heavy atom. The van der Waals surface area contributed by atoms with E-state index in [0.717, 1.165) is 39.7 Å². The topological polar surface area (TPSA) is 51.1 Å². The zero-order valence-electron chi connectivity index (χ0n) is 15.7. The Hall–Kier alpha value is -2.88. The molecule has 0 unspecified atom stereocenters. The number of aryl methyl sites for hydroxylation is 4. The second-order valence-electron chi connectivity index (χ2n) is 6.83. The lowest BCUT2D eigenvalue weighted by Gasteiger charge is -2.15. The number of rotatable bonds is 4. The van der Waals surface area contributed by atoms with Crippen LogP contribution in [0, 0.1) is 20.8 Å². The van der Waals surface area contributed by atoms with Gasteiger partial charge in [0.2, 0.25) is 5.91 Å². The van der Waals surface area contributed by atoms with Gasteiger partial charge in [-0.1, -0.05) is 30.7 Å². The van der Waals surface area contributed by atoms with Gasteiger partial charge in [-0.15, -0.1) is 0 Å². The van der Waals surface area contributed by atoms with E-state index in [2.05, 4.69) is 18.3 Å². The summed E-state index contributed by atoms with van der Waals surface area (Å²) in [5.41, 5.74) is 5.71. The first kappa shape index (κ1) is 17.9. The van der Waals surface area contributed by atoms with Gasteiger partial charge in [0.25, 0.3) is 5.56 Å². The van der Waals surface area contributed by atoms with Crippen molar-refractivity contribution in [2.75, 3.05) is 5.32 Å². The van der Waals surface area contributed by atoms with Gasteiger partial charge >= 0.3 is 0 Å². The minimum absolute atomic E-state index is 0.00492. The first-order valence-electron chi connectivity index (χ1n) is 8.89. The number of benzene rings is 2. The van der Waals surface area contributed by atoms with Crippen molar-refractivity contribution < 1.29 is 4.79 Å². The van der Waals surface area contributed by atoms with Gasteiger partial charge in [0.15, 0.2) is 0 Å². The molecule has 0 aliphatic rings. The second-order valence-corrected chi connectivity index (χ2v) is 6.83. The van der Waals surface area contributed by atoms with Gasteiger partial charge in [-0.3, -0.25) is 14.2 Å². The van der Waals surface area contributed by atoms with E-state index in [1.165, 1.54) is 5.56 Å². The molecule has 4 heteroatoms. The lowest BCUT2D eigenvalue weighted by molar-refractivity contribution is -0.116. The van der Waals surface area contributed by atoms with Crippen LogP contribution in [0.4, 0.5) is 5.69 Å². The third-order valence-corrected chi connectivity index (χ3v) is 4.69. The van der Waals surface area contributed by atoms with Gasteiger partial charge < -0.3 is 5.32 Å². The van der Waals surface area contributed by atoms with Crippen molar-refractivity contribution in [1.82, 2.24) is 4.57 Å². The summed E-state index contributed by atoms with van der Waals surface area (Å²) in [5, 5.41) is 3.90. The average Bonchev–Trinajstić information content (AvgIpc) is 2.59. The van der Waals surface area contributed by atoms with E-state index < -0.39 is 0 Å². The number of nitrogens with zero attached hydrogens (tertiary/aromatic N) is 1. The summed E-state index contributed by atoms with van der Waals surface area (Å²) in [6.07, 6.45) is 0.956. The summed E-state index contributed by atoms with van der Waals surface area (Å²) in [5.74, 6) is -0.207. The molecule has 0 saturated carbocycles. The van der Waals surface area contributed by atoms with Gasteiger partial charge in [0, 0.05) is 17.1 Å². The number of amides is 1. The lowest BCUT2D eigenvalue weighted by Crippen LogP contribution is -2.28. The van der Waals surface area contributed by atoms with Crippen LogP contribution < -0.4 is 10.9 Å². The number of carbonyl (C=O) groups is 1. The van der Waals surface area contributed by atoms with E-state index >= 15 is 0 Å². The zero-order valence-corrected chi connectivity index (χ0v) is 15.7. The third kappa shape index (κ3) is 3.54. The average molecular weight is 348 g/mol. The standard InChI is InChI=1S/C22H24N2O2/c1-5-17-6-8-18(9-7-17)23-20(25)13-24-21(26)12-15(3)19-11-14(2)10-16(4)22(19)24/h6-12H,5,13H2,1-4H3,(H,23,25). The highest BCUT2D eigenvalue weighted by Crippen LogP contribution is 2.22. The van der Waals surface area contributed by atoms with Crippen LogP contribution in [0.25, 0.3) is 10.9 Å². The molecule has 3 aromatic rings. The summed E-state index contributed by atoms with van der Waals surface area (Å²) in [4.78, 5) is 25.1. The highest BCUT2D eigenvalue weighted by Gasteiger charge is 2.13. The molecule has 2 aromatic carbocycles. The number of anilines is 1. The number of hydrogen-bond acceptors (Lipinski definition) is 2. The monoisotopic (exact) mass is 348 g/mol. The molecule has 26 heavy (non-hydrogen) atoms. The van der Waals surface area contributed by atoms with Crippen LogP contribution in [-0.4, -0.2) is 10.5 Å². The van der Waals surface area contributed by atoms with Crippen LogP contribution in [0.1, 0.15) is 29.2 Å². The van der Waals surface area contributed by atoms with Crippen LogP contribution in [0.15, 0.2) is 47.3 Å². The maximum atomic E-state index is 12.5. The highest BCUT2D eigenvalue weighted by molar-refractivity contribution is 5.92. The molecule has 0 fully saturated rings. The SMILES string of the molecule is CCc1ccc(NC(=O)Cn2c(=O)cc(C)c3cc(C)cc(C)c32)cc1. The molecule has 0 spiro atoms. The fourth-order valence-electron chi connectivity index (χ4n) is 3.39. The van der Waals surface area contributed by atoms with Gasteiger partial charge in [0.05, 0.1) is 5.52 Å². The normalized spacial score (nSPS) is 10.9. The van der Waals surface area contributed by atoms with E-state index in [4.69, 9.17) is 0 Å². The number of carbonyl (C=O) groups excluding carboxylic acids is 1. The molecule has 3 rings (SSSR count). The van der Waals surface area contributed by atoms with Crippen molar-refractivity contribution in [2.24, 2.45) is 0 Å². The van der Waals surface area contributed by atoms with Gasteiger partial charge in [-0.25, -0.2) is 0 Å². The Bertz CT molecular complexity index is 1030. The molecule has 0 atom stereocenters. The molecule has 1 aromatic heterocycles. The van der Waals surface area contributed by atoms with Crippen molar-refractivity contribution in [1.29, 1.82) is 0 Å². The molecule has 0 bridgehead atoms. The summed E-state index contributed by atoms with van der Waals surface area (Å²) < 4.78 is 1.56. The van der Waals surface area contributed by atoms with Crippen LogP contribution in [0.5, 0.6) is 0 Å². The van der Waals surface area contributed by atoms with Crippen LogP contribution in [0.2, 0.25) is 0 Å². The quantitative estimate of drug-likeness (QED) is 0.771. The van der Waals surface area contributed by atoms with Crippen LogP contribution >= 0.6 is 0 Å². The third-order valence-electron chi connectivity index (χ3n) is 4.69. The fraction of sp³-hybridized carbons (Fsp3) is 0.273. The smallest absolute Gasteiger partial charge is 0.251 e.